The summed E-state index contributed by atoms with van der Waals surface area (Å²) in [6, 6.07) is 3.54. The van der Waals surface area contributed by atoms with Gasteiger partial charge in [-0.1, -0.05) is 22.9 Å². The first-order valence-electron chi connectivity index (χ1n) is 7.32. The van der Waals surface area contributed by atoms with Crippen LogP contribution in [0.5, 0.6) is 0 Å². The van der Waals surface area contributed by atoms with Gasteiger partial charge >= 0.3 is 12.1 Å². The van der Waals surface area contributed by atoms with Crippen molar-refractivity contribution in [2.75, 3.05) is 31.1 Å². The maximum Gasteiger partial charge on any atom is 0.418 e. The Labute approximate surface area is 141 Å². The second-order valence-corrected chi connectivity index (χ2v) is 6.36. The molecule has 23 heavy (non-hydrogen) atoms. The van der Waals surface area contributed by atoms with E-state index >= 15 is 0 Å². The molecule has 1 aromatic carbocycles. The van der Waals surface area contributed by atoms with E-state index in [-0.39, 0.29) is 5.69 Å². The molecule has 0 bridgehead atoms. The summed E-state index contributed by atoms with van der Waals surface area (Å²) in [5, 5.41) is 9.18. The number of rotatable bonds is 4. The van der Waals surface area contributed by atoms with Crippen LogP contribution < -0.4 is 4.90 Å². The Kier molecular flexibility index (Phi) is 5.57. The number of piperazine rings is 1. The summed E-state index contributed by atoms with van der Waals surface area (Å²) in [4.78, 5) is 14.7. The highest BCUT2D eigenvalue weighted by Gasteiger charge is 2.36. The van der Waals surface area contributed by atoms with Crippen LogP contribution in [-0.2, 0) is 11.0 Å². The number of hydrogen-bond donors (Lipinski definition) is 1. The first-order chi connectivity index (χ1) is 10.7. The van der Waals surface area contributed by atoms with Gasteiger partial charge in [0.25, 0.3) is 0 Å². The van der Waals surface area contributed by atoms with E-state index in [1.165, 1.54) is 6.07 Å². The van der Waals surface area contributed by atoms with Gasteiger partial charge in [-0.25, -0.2) is 0 Å². The molecule has 1 unspecified atom stereocenters. The molecule has 1 aliphatic heterocycles. The number of alkyl halides is 3. The highest BCUT2D eigenvalue weighted by molar-refractivity contribution is 9.10. The number of carboxylic acids is 1. The Morgan fingerprint density at radius 2 is 1.91 bits per heavy atom. The van der Waals surface area contributed by atoms with Crippen molar-refractivity contribution in [2.45, 2.75) is 25.6 Å². The smallest absolute Gasteiger partial charge is 0.418 e. The Bertz CT molecular complexity index is 572. The molecule has 1 aliphatic rings. The zero-order valence-corrected chi connectivity index (χ0v) is 14.2. The summed E-state index contributed by atoms with van der Waals surface area (Å²) in [7, 11) is 0. The lowest BCUT2D eigenvalue weighted by atomic mass is 10.1. The van der Waals surface area contributed by atoms with Gasteiger partial charge in [0, 0.05) is 36.3 Å². The van der Waals surface area contributed by atoms with Gasteiger partial charge in [-0.2, -0.15) is 13.2 Å². The van der Waals surface area contributed by atoms with Gasteiger partial charge in [0.05, 0.1) is 5.56 Å². The van der Waals surface area contributed by atoms with E-state index in [0.717, 1.165) is 6.07 Å². The van der Waals surface area contributed by atoms with Crippen LogP contribution in [0.25, 0.3) is 0 Å². The third kappa shape index (κ3) is 4.17. The summed E-state index contributed by atoms with van der Waals surface area (Å²) in [6.07, 6.45) is -3.95. The molecule has 0 spiro atoms. The van der Waals surface area contributed by atoms with Crippen molar-refractivity contribution in [3.8, 4) is 0 Å². The van der Waals surface area contributed by atoms with Crippen molar-refractivity contribution in [3.63, 3.8) is 0 Å². The van der Waals surface area contributed by atoms with Crippen LogP contribution in [0.4, 0.5) is 18.9 Å². The fraction of sp³-hybridized carbons (Fsp3) is 0.533. The second-order valence-electron chi connectivity index (χ2n) is 5.44. The number of aliphatic carboxylic acids is 1. The Balaban J connectivity index is 2.16. The molecule has 8 heteroatoms. The van der Waals surface area contributed by atoms with Gasteiger partial charge in [-0.3, -0.25) is 9.69 Å². The molecule has 1 aromatic rings. The van der Waals surface area contributed by atoms with Crippen molar-refractivity contribution in [3.05, 3.63) is 28.2 Å². The SMILES string of the molecule is CCC(C(=O)O)N1CCN(c2ccc(Br)cc2C(F)(F)F)CC1. The molecule has 128 valence electrons. The average molecular weight is 395 g/mol. The number of nitrogens with zero attached hydrogens (tertiary/aromatic N) is 2. The third-order valence-corrected chi connectivity index (χ3v) is 4.52. The van der Waals surface area contributed by atoms with Crippen LogP contribution in [0.15, 0.2) is 22.7 Å². The maximum atomic E-state index is 13.2. The largest absolute Gasteiger partial charge is 0.480 e. The molecule has 1 atom stereocenters. The van der Waals surface area contributed by atoms with Crippen molar-refractivity contribution in [1.82, 2.24) is 4.90 Å². The fourth-order valence-electron chi connectivity index (χ4n) is 2.87. The number of carboxylic acid groups (broad SMARTS) is 1. The van der Waals surface area contributed by atoms with Crippen LogP contribution >= 0.6 is 15.9 Å². The van der Waals surface area contributed by atoms with Crippen LogP contribution in [0, 0.1) is 0 Å². The lowest BCUT2D eigenvalue weighted by molar-refractivity contribution is -0.143. The van der Waals surface area contributed by atoms with Gasteiger partial charge in [-0.05, 0) is 24.6 Å². The Hall–Kier alpha value is -1.28. The third-order valence-electron chi connectivity index (χ3n) is 4.03. The predicted octanol–water partition coefficient (Wildman–Crippen LogP) is 3.45. The standard InChI is InChI=1S/C15H18BrF3N2O2/c1-2-12(14(22)23)20-5-7-21(8-6-20)13-4-3-10(16)9-11(13)15(17,18)19/h3-4,9,12H,2,5-8H2,1H3,(H,22,23). The van der Waals surface area contributed by atoms with Crippen molar-refractivity contribution < 1.29 is 23.1 Å². The number of anilines is 1. The average Bonchev–Trinajstić information content (AvgIpc) is 2.47. The molecule has 0 aromatic heterocycles. The molecule has 0 radical (unpaired) electrons. The number of hydrogen-bond acceptors (Lipinski definition) is 3. The van der Waals surface area contributed by atoms with E-state index in [9.17, 15) is 23.1 Å². The molecule has 0 saturated carbocycles. The molecule has 2 rings (SSSR count). The van der Waals surface area contributed by atoms with E-state index in [4.69, 9.17) is 0 Å². The van der Waals surface area contributed by atoms with E-state index in [2.05, 4.69) is 15.9 Å². The van der Waals surface area contributed by atoms with E-state index < -0.39 is 23.8 Å². The molecular formula is C15H18BrF3N2O2. The first kappa shape index (κ1) is 18.1. The van der Waals surface area contributed by atoms with Crippen LogP contribution in [0.1, 0.15) is 18.9 Å². The van der Waals surface area contributed by atoms with E-state index in [1.54, 1.807) is 17.9 Å². The number of halogens is 4. The normalized spacial score (nSPS) is 18.0. The monoisotopic (exact) mass is 394 g/mol. The minimum Gasteiger partial charge on any atom is -0.480 e. The van der Waals surface area contributed by atoms with E-state index in [1.807, 2.05) is 4.90 Å². The summed E-state index contributed by atoms with van der Waals surface area (Å²) in [5.74, 6) is -0.888. The summed E-state index contributed by atoms with van der Waals surface area (Å²) in [5.41, 5.74) is -0.533. The highest BCUT2D eigenvalue weighted by Crippen LogP contribution is 2.38. The number of benzene rings is 1. The van der Waals surface area contributed by atoms with Gasteiger partial charge < -0.3 is 10.0 Å². The van der Waals surface area contributed by atoms with Crippen LogP contribution in [-0.4, -0.2) is 48.2 Å². The van der Waals surface area contributed by atoms with Gasteiger partial charge in [-0.15, -0.1) is 0 Å². The zero-order chi connectivity index (χ0) is 17.2. The summed E-state index contributed by atoms with van der Waals surface area (Å²) >= 11 is 3.07. The summed E-state index contributed by atoms with van der Waals surface area (Å²) in [6.45, 7) is 3.39. The van der Waals surface area contributed by atoms with Gasteiger partial charge in [0.1, 0.15) is 6.04 Å². The number of carbonyl (C=O) groups is 1. The molecular weight excluding hydrogens is 377 g/mol. The summed E-state index contributed by atoms with van der Waals surface area (Å²) < 4.78 is 40.0. The van der Waals surface area contributed by atoms with Crippen molar-refractivity contribution in [1.29, 1.82) is 0 Å². The first-order valence-corrected chi connectivity index (χ1v) is 8.12. The second kappa shape index (κ2) is 7.09. The van der Waals surface area contributed by atoms with Crippen LogP contribution in [0.2, 0.25) is 0 Å². The quantitative estimate of drug-likeness (QED) is 0.849. The molecule has 1 fully saturated rings. The van der Waals surface area contributed by atoms with Crippen molar-refractivity contribution in [2.24, 2.45) is 0 Å². The van der Waals surface area contributed by atoms with E-state index in [0.29, 0.717) is 37.1 Å². The van der Waals surface area contributed by atoms with Crippen LogP contribution in [0.3, 0.4) is 0 Å². The molecule has 1 heterocycles. The van der Waals surface area contributed by atoms with Gasteiger partial charge in [0.15, 0.2) is 0 Å². The molecule has 0 amide bonds. The minimum absolute atomic E-state index is 0.142. The molecule has 0 aliphatic carbocycles. The lowest BCUT2D eigenvalue weighted by Crippen LogP contribution is -2.52. The molecule has 4 nitrogen and oxygen atoms in total. The molecule has 1 N–H and O–H groups in total. The Morgan fingerprint density at radius 3 is 2.39 bits per heavy atom. The van der Waals surface area contributed by atoms with Gasteiger partial charge in [0.2, 0.25) is 0 Å². The predicted molar refractivity (Wildman–Crippen MR) is 84.6 cm³/mol. The minimum atomic E-state index is -4.43. The lowest BCUT2D eigenvalue weighted by Gasteiger charge is -2.39. The maximum absolute atomic E-state index is 13.2. The molecule has 1 saturated heterocycles. The topological polar surface area (TPSA) is 43.8 Å². The fourth-order valence-corrected chi connectivity index (χ4v) is 3.24. The van der Waals surface area contributed by atoms with Crippen molar-refractivity contribution >= 4 is 27.6 Å². The zero-order valence-electron chi connectivity index (χ0n) is 12.6. The Morgan fingerprint density at radius 1 is 1.30 bits per heavy atom. The highest BCUT2D eigenvalue weighted by atomic mass is 79.9.